The Morgan fingerprint density at radius 1 is 1.00 bits per heavy atom. The van der Waals surface area contributed by atoms with Crippen LogP contribution < -0.4 is 16.4 Å². The molecule has 7 heteroatoms. The van der Waals surface area contributed by atoms with Crippen LogP contribution in [0.3, 0.4) is 0 Å². The summed E-state index contributed by atoms with van der Waals surface area (Å²) in [6.45, 7) is 2.50. The third-order valence-electron chi connectivity index (χ3n) is 6.10. The zero-order valence-electron chi connectivity index (χ0n) is 20.3. The third-order valence-corrected chi connectivity index (χ3v) is 7.21. The number of nitrogen functional groups attached to an aromatic ring is 1. The van der Waals surface area contributed by atoms with Gasteiger partial charge in [0.2, 0.25) is 0 Å². The van der Waals surface area contributed by atoms with Crippen molar-refractivity contribution in [2.75, 3.05) is 17.6 Å². The first-order valence-corrected chi connectivity index (χ1v) is 12.7. The van der Waals surface area contributed by atoms with Crippen LogP contribution in [-0.4, -0.2) is 17.4 Å². The molecule has 0 aliphatic carbocycles. The smallest absolute Gasteiger partial charge is 0.256 e. The van der Waals surface area contributed by atoms with Crippen molar-refractivity contribution in [1.82, 2.24) is 10.3 Å². The highest BCUT2D eigenvalue weighted by Gasteiger charge is 2.26. The van der Waals surface area contributed by atoms with E-state index in [1.165, 1.54) is 11.3 Å². The van der Waals surface area contributed by atoms with Gasteiger partial charge in [0.1, 0.15) is 28.0 Å². The van der Waals surface area contributed by atoms with E-state index in [2.05, 4.69) is 21.7 Å². The number of aryl methyl sites for hydroxylation is 1. The van der Waals surface area contributed by atoms with E-state index >= 15 is 0 Å². The normalized spacial score (nSPS) is 10.7. The highest BCUT2D eigenvalue weighted by atomic mass is 32.1. The molecule has 2 aromatic heterocycles. The van der Waals surface area contributed by atoms with Crippen molar-refractivity contribution in [2.24, 2.45) is 0 Å². The Hall–Kier alpha value is -4.67. The van der Waals surface area contributed by atoms with E-state index in [9.17, 15) is 10.1 Å². The minimum Gasteiger partial charge on any atom is -0.383 e. The van der Waals surface area contributed by atoms with Gasteiger partial charge in [-0.15, -0.1) is 11.3 Å². The lowest BCUT2D eigenvalue weighted by atomic mass is 10.00. The van der Waals surface area contributed by atoms with Crippen molar-refractivity contribution in [2.45, 2.75) is 13.3 Å². The summed E-state index contributed by atoms with van der Waals surface area (Å²) in [6, 6.07) is 29.8. The topological polar surface area (TPSA) is 104 Å². The highest BCUT2D eigenvalue weighted by Crippen LogP contribution is 2.44. The maximum atomic E-state index is 13.6. The Balaban J connectivity index is 1.62. The van der Waals surface area contributed by atoms with Gasteiger partial charge in [-0.25, -0.2) is 4.98 Å². The van der Waals surface area contributed by atoms with Crippen LogP contribution in [0.5, 0.6) is 0 Å². The highest BCUT2D eigenvalue weighted by molar-refractivity contribution is 7.24. The minimum absolute atomic E-state index is 0.104. The van der Waals surface area contributed by atoms with Crippen molar-refractivity contribution in [3.05, 3.63) is 107 Å². The Labute approximate surface area is 219 Å². The standard InChI is InChI=1S/C30H25N5OS/c1-19-12-14-22(15-13-19)34-30-25(29(36)33-17-16-20-8-4-2-5-9-20)26-27(37-30)24(21-10-6-3-7-11-21)23(18-31)28(32)35-26/h2-15,34H,16-17H2,1H3,(H2,32,35)(H,33,36). The number of thiophene rings is 1. The summed E-state index contributed by atoms with van der Waals surface area (Å²) in [5, 5.41) is 17.0. The van der Waals surface area contributed by atoms with Gasteiger partial charge in [0.25, 0.3) is 5.91 Å². The number of nitrogens with two attached hydrogens (primary N) is 1. The average Bonchev–Trinajstić information content (AvgIpc) is 3.27. The van der Waals surface area contributed by atoms with E-state index in [-0.39, 0.29) is 11.7 Å². The van der Waals surface area contributed by atoms with Gasteiger partial charge in [0.15, 0.2) is 0 Å². The van der Waals surface area contributed by atoms with E-state index in [4.69, 9.17) is 5.73 Å². The fraction of sp³-hybridized carbons (Fsp3) is 0.100. The number of carbonyl (C=O) groups is 1. The number of fused-ring (bicyclic) bond motifs is 1. The Morgan fingerprint density at radius 2 is 1.68 bits per heavy atom. The van der Waals surface area contributed by atoms with E-state index in [1.807, 2.05) is 91.9 Å². The number of amides is 1. The van der Waals surface area contributed by atoms with Crippen LogP contribution in [0.2, 0.25) is 0 Å². The van der Waals surface area contributed by atoms with Crippen molar-refractivity contribution < 1.29 is 4.79 Å². The number of pyridine rings is 1. The average molecular weight is 504 g/mol. The second-order valence-electron chi connectivity index (χ2n) is 8.69. The summed E-state index contributed by atoms with van der Waals surface area (Å²) < 4.78 is 0.736. The molecule has 37 heavy (non-hydrogen) atoms. The lowest BCUT2D eigenvalue weighted by Crippen LogP contribution is -2.26. The first-order valence-electron chi connectivity index (χ1n) is 11.9. The number of rotatable bonds is 7. The van der Waals surface area contributed by atoms with Crippen LogP contribution in [0, 0.1) is 18.3 Å². The van der Waals surface area contributed by atoms with E-state index in [0.29, 0.717) is 40.2 Å². The van der Waals surface area contributed by atoms with Crippen LogP contribution >= 0.6 is 11.3 Å². The SMILES string of the molecule is Cc1ccc(Nc2sc3c(-c4ccccc4)c(C#N)c(N)nc3c2C(=O)NCCc2ccccc2)cc1. The summed E-state index contributed by atoms with van der Waals surface area (Å²) in [5.74, 6) is -0.140. The number of nitrogens with one attached hydrogen (secondary N) is 2. The second-order valence-corrected chi connectivity index (χ2v) is 9.71. The van der Waals surface area contributed by atoms with E-state index in [0.717, 1.165) is 27.1 Å². The summed E-state index contributed by atoms with van der Waals surface area (Å²) in [6.07, 6.45) is 0.707. The molecular weight excluding hydrogens is 478 g/mol. The molecule has 0 aliphatic rings. The maximum absolute atomic E-state index is 13.6. The van der Waals surface area contributed by atoms with Gasteiger partial charge in [-0.05, 0) is 36.6 Å². The molecule has 4 N–H and O–H groups in total. The first kappa shape index (κ1) is 24.0. The molecule has 0 atom stereocenters. The predicted octanol–water partition coefficient (Wildman–Crippen LogP) is 6.44. The molecule has 5 rings (SSSR count). The van der Waals surface area contributed by atoms with Gasteiger partial charge in [-0.2, -0.15) is 5.26 Å². The van der Waals surface area contributed by atoms with Gasteiger partial charge in [-0.3, -0.25) is 4.79 Å². The molecule has 0 saturated heterocycles. The Kier molecular flexibility index (Phi) is 6.84. The van der Waals surface area contributed by atoms with E-state index < -0.39 is 0 Å². The molecule has 5 aromatic rings. The van der Waals surface area contributed by atoms with Gasteiger partial charge in [-0.1, -0.05) is 78.4 Å². The number of hydrogen-bond donors (Lipinski definition) is 3. The largest absolute Gasteiger partial charge is 0.383 e. The van der Waals surface area contributed by atoms with Gasteiger partial charge in [0, 0.05) is 17.8 Å². The number of nitrogens with zero attached hydrogens (tertiary/aromatic N) is 2. The summed E-state index contributed by atoms with van der Waals surface area (Å²) in [7, 11) is 0. The second kappa shape index (κ2) is 10.5. The number of anilines is 3. The molecule has 0 spiro atoms. The Morgan fingerprint density at radius 3 is 2.35 bits per heavy atom. The summed E-state index contributed by atoms with van der Waals surface area (Å²) in [5.41, 5.74) is 12.1. The van der Waals surface area contributed by atoms with Crippen LogP contribution in [-0.2, 0) is 6.42 Å². The number of nitriles is 1. The zero-order valence-corrected chi connectivity index (χ0v) is 21.1. The van der Waals surface area contributed by atoms with Crippen molar-refractivity contribution in [3.63, 3.8) is 0 Å². The first-order chi connectivity index (χ1) is 18.0. The van der Waals surface area contributed by atoms with Gasteiger partial charge >= 0.3 is 0 Å². The molecular formula is C30H25N5OS. The van der Waals surface area contributed by atoms with Crippen molar-refractivity contribution >= 4 is 44.0 Å². The fourth-order valence-electron chi connectivity index (χ4n) is 4.23. The minimum atomic E-state index is -0.243. The zero-order chi connectivity index (χ0) is 25.8. The monoisotopic (exact) mass is 503 g/mol. The van der Waals surface area contributed by atoms with Crippen molar-refractivity contribution in [3.8, 4) is 17.2 Å². The molecule has 3 aromatic carbocycles. The van der Waals surface area contributed by atoms with Crippen LogP contribution in [0.4, 0.5) is 16.5 Å². The fourth-order valence-corrected chi connectivity index (χ4v) is 5.46. The van der Waals surface area contributed by atoms with Crippen LogP contribution in [0.25, 0.3) is 21.3 Å². The molecule has 0 unspecified atom stereocenters. The molecule has 182 valence electrons. The molecule has 0 radical (unpaired) electrons. The molecule has 6 nitrogen and oxygen atoms in total. The lowest BCUT2D eigenvalue weighted by Gasteiger charge is -2.10. The predicted molar refractivity (Wildman–Crippen MR) is 151 cm³/mol. The van der Waals surface area contributed by atoms with Gasteiger partial charge < -0.3 is 16.4 Å². The summed E-state index contributed by atoms with van der Waals surface area (Å²) >= 11 is 1.40. The molecule has 1 amide bonds. The number of carbonyl (C=O) groups excluding carboxylic acids is 1. The molecule has 0 aliphatic heterocycles. The molecule has 2 heterocycles. The molecule has 0 saturated carbocycles. The quantitative estimate of drug-likeness (QED) is 0.237. The Bertz CT molecular complexity index is 1600. The van der Waals surface area contributed by atoms with Crippen LogP contribution in [0.15, 0.2) is 84.9 Å². The number of aromatic nitrogens is 1. The number of hydrogen-bond acceptors (Lipinski definition) is 6. The molecule has 0 fully saturated rings. The van der Waals surface area contributed by atoms with Gasteiger partial charge in [0.05, 0.1) is 10.2 Å². The van der Waals surface area contributed by atoms with Crippen LogP contribution in [0.1, 0.15) is 27.0 Å². The van der Waals surface area contributed by atoms with E-state index in [1.54, 1.807) is 0 Å². The lowest BCUT2D eigenvalue weighted by molar-refractivity contribution is 0.0957. The molecule has 0 bridgehead atoms. The number of benzene rings is 3. The third kappa shape index (κ3) is 5.01. The van der Waals surface area contributed by atoms with Crippen molar-refractivity contribution in [1.29, 1.82) is 5.26 Å². The maximum Gasteiger partial charge on any atom is 0.256 e. The summed E-state index contributed by atoms with van der Waals surface area (Å²) in [4.78, 5) is 18.2.